The molecule has 0 radical (unpaired) electrons. The van der Waals surface area contributed by atoms with Crippen LogP contribution in [0.25, 0.3) is 0 Å². The normalized spacial score (nSPS) is 14.7. The number of hydrogen-bond acceptors (Lipinski definition) is 3. The number of ether oxygens (including phenoxy) is 1. The maximum Gasteiger partial charge on any atom is 0.392 e. The van der Waals surface area contributed by atoms with Gasteiger partial charge in [-0.3, -0.25) is 0 Å². The van der Waals surface area contributed by atoms with Crippen molar-refractivity contribution >= 4 is 14.3 Å². The highest BCUT2D eigenvalue weighted by Gasteiger charge is 2.39. The molecule has 0 bridgehead atoms. The van der Waals surface area contributed by atoms with Gasteiger partial charge in [-0.25, -0.2) is 4.79 Å². The summed E-state index contributed by atoms with van der Waals surface area (Å²) in [5.74, 6) is -0.942. The molecule has 0 aromatic carbocycles. The van der Waals surface area contributed by atoms with E-state index in [2.05, 4.69) is 4.74 Å². The largest absolute Gasteiger partial charge is 0.464 e. The van der Waals surface area contributed by atoms with E-state index in [0.717, 1.165) is 0 Å². The summed E-state index contributed by atoms with van der Waals surface area (Å²) in [5.41, 5.74) is 0. The van der Waals surface area contributed by atoms with Gasteiger partial charge in [-0.1, -0.05) is 0 Å². The summed E-state index contributed by atoms with van der Waals surface area (Å²) in [5, 5.41) is 0. The minimum Gasteiger partial charge on any atom is -0.464 e. The van der Waals surface area contributed by atoms with E-state index in [0.29, 0.717) is 0 Å². The first-order valence-corrected chi connectivity index (χ1v) is 8.37. The average Bonchev–Trinajstić information content (AvgIpc) is 1.97. The third-order valence-electron chi connectivity index (χ3n) is 1.46. The first kappa shape index (κ1) is 15.4. The highest BCUT2D eigenvalue weighted by Crippen LogP contribution is 2.25. The van der Waals surface area contributed by atoms with Gasteiger partial charge in [0.1, 0.15) is 0 Å². The van der Waals surface area contributed by atoms with E-state index in [-0.39, 0.29) is 6.61 Å². The second-order valence-corrected chi connectivity index (χ2v) is 8.75. The maximum atomic E-state index is 12.2. The lowest BCUT2D eigenvalue weighted by Gasteiger charge is -2.25. The van der Waals surface area contributed by atoms with Crippen molar-refractivity contribution in [1.29, 1.82) is 0 Å². The Bertz CT molecular complexity index is 219. The summed E-state index contributed by atoms with van der Waals surface area (Å²) < 4.78 is 46.4. The van der Waals surface area contributed by atoms with Gasteiger partial charge in [0, 0.05) is 0 Å². The summed E-state index contributed by atoms with van der Waals surface area (Å²) in [4.78, 5) is 11.3. The van der Waals surface area contributed by atoms with Crippen LogP contribution < -0.4 is 0 Å². The number of alkyl halides is 3. The SMILES string of the molecule is CCOC(=O)C(CC(F)(F)F)O[Si](C)(C)C. The van der Waals surface area contributed by atoms with E-state index >= 15 is 0 Å². The molecule has 7 heteroatoms. The van der Waals surface area contributed by atoms with Crippen LogP contribution in [0, 0.1) is 0 Å². The summed E-state index contributed by atoms with van der Waals surface area (Å²) in [6.45, 7) is 6.74. The Morgan fingerprint density at radius 1 is 1.31 bits per heavy atom. The van der Waals surface area contributed by atoms with E-state index < -0.39 is 33.0 Å². The van der Waals surface area contributed by atoms with E-state index in [1.807, 2.05) is 0 Å². The number of halogens is 3. The lowest BCUT2D eigenvalue weighted by atomic mass is 10.2. The zero-order chi connectivity index (χ0) is 13.0. The molecule has 1 unspecified atom stereocenters. The van der Waals surface area contributed by atoms with E-state index in [9.17, 15) is 18.0 Å². The van der Waals surface area contributed by atoms with Crippen LogP contribution >= 0.6 is 0 Å². The molecular weight excluding hydrogens is 241 g/mol. The molecule has 0 saturated carbocycles. The van der Waals surface area contributed by atoms with E-state index in [1.54, 1.807) is 19.6 Å². The molecule has 0 fully saturated rings. The van der Waals surface area contributed by atoms with Gasteiger partial charge in [-0.15, -0.1) is 0 Å². The minimum absolute atomic E-state index is 0.0439. The monoisotopic (exact) mass is 258 g/mol. The van der Waals surface area contributed by atoms with Crippen LogP contribution in [0.15, 0.2) is 0 Å². The highest BCUT2D eigenvalue weighted by atomic mass is 28.4. The standard InChI is InChI=1S/C9H17F3O3Si/c1-5-14-8(13)7(6-9(10,11)12)15-16(2,3)4/h7H,5-6H2,1-4H3. The zero-order valence-electron chi connectivity index (χ0n) is 9.85. The van der Waals surface area contributed by atoms with Crippen LogP contribution in [0.2, 0.25) is 19.6 Å². The van der Waals surface area contributed by atoms with Crippen LogP contribution in [0.3, 0.4) is 0 Å². The van der Waals surface area contributed by atoms with Crippen LogP contribution in [-0.4, -0.2) is 33.2 Å². The fourth-order valence-corrected chi connectivity index (χ4v) is 2.08. The first-order chi connectivity index (χ1) is 7.05. The summed E-state index contributed by atoms with van der Waals surface area (Å²) >= 11 is 0. The number of esters is 1. The predicted molar refractivity (Wildman–Crippen MR) is 55.5 cm³/mol. The lowest BCUT2D eigenvalue weighted by molar-refractivity contribution is -0.174. The van der Waals surface area contributed by atoms with Crippen molar-refractivity contribution in [1.82, 2.24) is 0 Å². The lowest BCUT2D eigenvalue weighted by Crippen LogP contribution is -2.40. The van der Waals surface area contributed by atoms with E-state index in [1.165, 1.54) is 6.92 Å². The Morgan fingerprint density at radius 2 is 1.81 bits per heavy atom. The highest BCUT2D eigenvalue weighted by molar-refractivity contribution is 6.69. The fraction of sp³-hybridized carbons (Fsp3) is 0.889. The molecule has 1 atom stereocenters. The van der Waals surface area contributed by atoms with Gasteiger partial charge in [0.2, 0.25) is 0 Å². The summed E-state index contributed by atoms with van der Waals surface area (Å²) in [7, 11) is -2.21. The van der Waals surface area contributed by atoms with E-state index in [4.69, 9.17) is 4.43 Å². The van der Waals surface area contributed by atoms with Crippen molar-refractivity contribution in [3.05, 3.63) is 0 Å². The number of rotatable bonds is 5. The Labute approximate surface area is 94.0 Å². The van der Waals surface area contributed by atoms with Gasteiger partial charge < -0.3 is 9.16 Å². The van der Waals surface area contributed by atoms with Gasteiger partial charge in [-0.05, 0) is 26.6 Å². The van der Waals surface area contributed by atoms with Crippen molar-refractivity contribution < 1.29 is 27.1 Å². The smallest absolute Gasteiger partial charge is 0.392 e. The number of carbonyl (C=O) groups excluding carboxylic acids is 1. The third kappa shape index (κ3) is 7.69. The van der Waals surface area contributed by atoms with Crippen molar-refractivity contribution in [3.63, 3.8) is 0 Å². The molecule has 0 amide bonds. The molecule has 16 heavy (non-hydrogen) atoms. The first-order valence-electron chi connectivity index (χ1n) is 4.96. The van der Waals surface area contributed by atoms with Crippen LogP contribution in [0.4, 0.5) is 13.2 Å². The second kappa shape index (κ2) is 5.67. The number of hydrogen-bond donors (Lipinski definition) is 0. The Kier molecular flexibility index (Phi) is 5.47. The zero-order valence-corrected chi connectivity index (χ0v) is 10.9. The molecule has 0 aromatic heterocycles. The van der Waals surface area contributed by atoms with Gasteiger partial charge in [0.25, 0.3) is 0 Å². The topological polar surface area (TPSA) is 35.5 Å². The molecule has 0 aliphatic carbocycles. The van der Waals surface area contributed by atoms with Crippen molar-refractivity contribution in [2.75, 3.05) is 6.61 Å². The maximum absolute atomic E-state index is 12.2. The van der Waals surface area contributed by atoms with Crippen LogP contribution in [0.1, 0.15) is 13.3 Å². The Hall–Kier alpha value is -0.563. The summed E-state index contributed by atoms with van der Waals surface area (Å²) in [6, 6.07) is 0. The average molecular weight is 258 g/mol. The molecule has 0 rings (SSSR count). The Balaban J connectivity index is 4.57. The quantitative estimate of drug-likeness (QED) is 0.562. The molecule has 0 aromatic rings. The third-order valence-corrected chi connectivity index (χ3v) is 2.45. The van der Waals surface area contributed by atoms with Gasteiger partial charge in [0.15, 0.2) is 14.4 Å². The van der Waals surface area contributed by atoms with Crippen LogP contribution in [-0.2, 0) is 14.0 Å². The van der Waals surface area contributed by atoms with Crippen molar-refractivity contribution in [2.24, 2.45) is 0 Å². The van der Waals surface area contributed by atoms with Gasteiger partial charge in [-0.2, -0.15) is 13.2 Å². The van der Waals surface area contributed by atoms with Gasteiger partial charge >= 0.3 is 12.1 Å². The molecule has 0 N–H and O–H groups in total. The van der Waals surface area contributed by atoms with Crippen molar-refractivity contribution in [2.45, 2.75) is 45.3 Å². The van der Waals surface area contributed by atoms with Crippen LogP contribution in [0.5, 0.6) is 0 Å². The minimum atomic E-state index is -4.43. The molecule has 96 valence electrons. The molecular formula is C9H17F3O3Si. The molecule has 0 saturated heterocycles. The van der Waals surface area contributed by atoms with Gasteiger partial charge in [0.05, 0.1) is 13.0 Å². The molecule has 0 aliphatic heterocycles. The molecule has 3 nitrogen and oxygen atoms in total. The Morgan fingerprint density at radius 3 is 2.12 bits per heavy atom. The predicted octanol–water partition coefficient (Wildman–Crippen LogP) is 2.72. The summed E-state index contributed by atoms with van der Waals surface area (Å²) in [6.07, 6.45) is -7.26. The fourth-order valence-electron chi connectivity index (χ4n) is 1.05. The molecule has 0 aliphatic rings. The second-order valence-electron chi connectivity index (χ2n) is 4.29. The number of carbonyl (C=O) groups is 1. The molecule has 0 spiro atoms. The molecule has 0 heterocycles. The van der Waals surface area contributed by atoms with Crippen molar-refractivity contribution in [3.8, 4) is 0 Å².